The zero-order valence-electron chi connectivity index (χ0n) is 14.7. The smallest absolute Gasteiger partial charge is 0.220 e. The summed E-state index contributed by atoms with van der Waals surface area (Å²) in [6.45, 7) is 0.510. The molecule has 0 atom stereocenters. The molecule has 1 aliphatic carbocycles. The Balaban J connectivity index is 1.47. The number of aryl methyl sites for hydroxylation is 1. The van der Waals surface area contributed by atoms with Crippen LogP contribution in [0.5, 0.6) is 11.5 Å². The molecule has 3 rings (SSSR count). The Bertz CT molecular complexity index is 724. The van der Waals surface area contributed by atoms with Crippen molar-refractivity contribution in [3.8, 4) is 11.5 Å². The molecule has 0 bridgehead atoms. The first kappa shape index (κ1) is 17.3. The fraction of sp³-hybridized carbons (Fsp3) is 0.400. The molecule has 25 heavy (non-hydrogen) atoms. The molecule has 1 fully saturated rings. The van der Waals surface area contributed by atoms with Crippen LogP contribution in [-0.4, -0.2) is 25.1 Å². The van der Waals surface area contributed by atoms with Gasteiger partial charge in [0.2, 0.25) is 5.91 Å². The minimum absolute atomic E-state index is 0.0177. The first-order valence-electron chi connectivity index (χ1n) is 8.62. The lowest BCUT2D eigenvalue weighted by atomic mass is 10.1. The predicted octanol–water partition coefficient (Wildman–Crippen LogP) is 3.23. The Morgan fingerprint density at radius 3 is 2.68 bits per heavy atom. The van der Waals surface area contributed by atoms with Gasteiger partial charge in [0.05, 0.1) is 14.2 Å². The van der Waals surface area contributed by atoms with E-state index >= 15 is 0 Å². The monoisotopic (exact) mass is 340 g/mol. The lowest BCUT2D eigenvalue weighted by Crippen LogP contribution is -2.23. The van der Waals surface area contributed by atoms with Gasteiger partial charge in [-0.15, -0.1) is 0 Å². The van der Waals surface area contributed by atoms with Crippen LogP contribution in [0.15, 0.2) is 36.5 Å². The van der Waals surface area contributed by atoms with E-state index in [4.69, 9.17) is 9.47 Å². The van der Waals surface area contributed by atoms with Crippen LogP contribution in [0.4, 0.5) is 0 Å². The lowest BCUT2D eigenvalue weighted by molar-refractivity contribution is -0.121. The van der Waals surface area contributed by atoms with Gasteiger partial charge < -0.3 is 14.8 Å². The molecule has 1 aromatic heterocycles. The first-order valence-corrected chi connectivity index (χ1v) is 8.62. The third-order valence-electron chi connectivity index (χ3n) is 4.45. The third-order valence-corrected chi connectivity index (χ3v) is 4.45. The van der Waals surface area contributed by atoms with E-state index in [0.717, 1.165) is 22.6 Å². The van der Waals surface area contributed by atoms with Gasteiger partial charge in [-0.3, -0.25) is 9.78 Å². The number of hydrogen-bond donors (Lipinski definition) is 1. The van der Waals surface area contributed by atoms with Gasteiger partial charge >= 0.3 is 0 Å². The molecule has 5 heteroatoms. The maximum atomic E-state index is 12.1. The van der Waals surface area contributed by atoms with Gasteiger partial charge in [-0.05, 0) is 42.5 Å². The highest BCUT2D eigenvalue weighted by Gasteiger charge is 2.24. The zero-order chi connectivity index (χ0) is 17.6. The maximum Gasteiger partial charge on any atom is 0.220 e. The van der Waals surface area contributed by atoms with Crippen molar-refractivity contribution in [2.75, 3.05) is 14.2 Å². The SMILES string of the molecule is COc1ccc(CCC(=O)NCc2ccc(C3CC3)nc2)c(OC)c1. The molecular weight excluding hydrogens is 316 g/mol. The lowest BCUT2D eigenvalue weighted by Gasteiger charge is -2.10. The zero-order valence-corrected chi connectivity index (χ0v) is 14.7. The molecule has 1 saturated carbocycles. The number of benzene rings is 1. The molecule has 1 amide bonds. The van der Waals surface area contributed by atoms with Crippen LogP contribution in [0.25, 0.3) is 0 Å². The summed E-state index contributed by atoms with van der Waals surface area (Å²) in [5.74, 6) is 2.16. The van der Waals surface area contributed by atoms with Crippen LogP contribution >= 0.6 is 0 Å². The molecule has 0 spiro atoms. The summed E-state index contributed by atoms with van der Waals surface area (Å²) in [6.07, 6.45) is 5.39. The number of ether oxygens (including phenoxy) is 2. The van der Waals surface area contributed by atoms with Crippen molar-refractivity contribution in [2.24, 2.45) is 0 Å². The van der Waals surface area contributed by atoms with Crippen LogP contribution in [0, 0.1) is 0 Å². The second-order valence-corrected chi connectivity index (χ2v) is 6.32. The minimum atomic E-state index is 0.0177. The molecule has 1 aromatic carbocycles. The molecule has 0 saturated heterocycles. The summed E-state index contributed by atoms with van der Waals surface area (Å²) in [5, 5.41) is 2.95. The van der Waals surface area contributed by atoms with Gasteiger partial charge in [-0.1, -0.05) is 12.1 Å². The summed E-state index contributed by atoms with van der Waals surface area (Å²) in [7, 11) is 3.24. The normalized spacial score (nSPS) is 13.4. The highest BCUT2D eigenvalue weighted by atomic mass is 16.5. The Morgan fingerprint density at radius 2 is 2.04 bits per heavy atom. The summed E-state index contributed by atoms with van der Waals surface area (Å²) in [6, 6.07) is 9.77. The van der Waals surface area contributed by atoms with Gasteiger partial charge in [0, 0.05) is 36.8 Å². The molecule has 0 radical (unpaired) electrons. The number of amides is 1. The summed E-state index contributed by atoms with van der Waals surface area (Å²) in [4.78, 5) is 16.6. The summed E-state index contributed by atoms with van der Waals surface area (Å²) >= 11 is 0. The number of nitrogens with one attached hydrogen (secondary N) is 1. The fourth-order valence-electron chi connectivity index (χ4n) is 2.76. The third kappa shape index (κ3) is 4.72. The standard InChI is InChI=1S/C20H24N2O3/c1-24-17-8-6-16(19(11-17)25-2)7-10-20(23)22-13-14-3-9-18(21-12-14)15-4-5-15/h3,6,8-9,11-12,15H,4-5,7,10,13H2,1-2H3,(H,22,23). The highest BCUT2D eigenvalue weighted by molar-refractivity contribution is 5.76. The average Bonchev–Trinajstić information content (AvgIpc) is 3.50. The molecule has 2 aromatic rings. The number of methoxy groups -OCH3 is 2. The largest absolute Gasteiger partial charge is 0.497 e. The van der Waals surface area contributed by atoms with Gasteiger partial charge in [-0.2, -0.15) is 0 Å². The van der Waals surface area contributed by atoms with E-state index in [1.165, 1.54) is 18.5 Å². The highest BCUT2D eigenvalue weighted by Crippen LogP contribution is 2.38. The van der Waals surface area contributed by atoms with Crippen molar-refractivity contribution in [3.05, 3.63) is 53.3 Å². The molecule has 132 valence electrons. The molecule has 0 unspecified atom stereocenters. The topological polar surface area (TPSA) is 60.5 Å². The number of rotatable bonds is 8. The number of nitrogens with zero attached hydrogens (tertiary/aromatic N) is 1. The average molecular weight is 340 g/mol. The molecule has 0 aliphatic heterocycles. The summed E-state index contributed by atoms with van der Waals surface area (Å²) < 4.78 is 10.6. The quantitative estimate of drug-likeness (QED) is 0.801. The predicted molar refractivity (Wildman–Crippen MR) is 95.9 cm³/mol. The van der Waals surface area contributed by atoms with E-state index in [1.54, 1.807) is 14.2 Å². The number of pyridine rings is 1. The number of hydrogen-bond acceptors (Lipinski definition) is 4. The number of carbonyl (C=O) groups is 1. The number of aromatic nitrogens is 1. The first-order chi connectivity index (χ1) is 12.2. The molecule has 1 heterocycles. The number of carbonyl (C=O) groups excluding carboxylic acids is 1. The van der Waals surface area contributed by atoms with E-state index in [1.807, 2.05) is 30.5 Å². The summed E-state index contributed by atoms with van der Waals surface area (Å²) in [5.41, 5.74) is 3.19. The minimum Gasteiger partial charge on any atom is -0.497 e. The van der Waals surface area contributed by atoms with Crippen LogP contribution in [-0.2, 0) is 17.8 Å². The van der Waals surface area contributed by atoms with Crippen LogP contribution in [0.1, 0.15) is 42.0 Å². The molecule has 1 aliphatic rings. The van der Waals surface area contributed by atoms with E-state index < -0.39 is 0 Å². The van der Waals surface area contributed by atoms with Crippen LogP contribution in [0.3, 0.4) is 0 Å². The van der Waals surface area contributed by atoms with Crippen molar-refractivity contribution < 1.29 is 14.3 Å². The van der Waals surface area contributed by atoms with Crippen LogP contribution < -0.4 is 14.8 Å². The van der Waals surface area contributed by atoms with Crippen molar-refractivity contribution >= 4 is 5.91 Å². The van der Waals surface area contributed by atoms with E-state index in [0.29, 0.717) is 25.3 Å². The van der Waals surface area contributed by atoms with Crippen molar-refractivity contribution in [2.45, 2.75) is 38.1 Å². The molecular formula is C20H24N2O3. The molecule has 1 N–H and O–H groups in total. The molecule has 5 nitrogen and oxygen atoms in total. The fourth-order valence-corrected chi connectivity index (χ4v) is 2.76. The van der Waals surface area contributed by atoms with E-state index in [-0.39, 0.29) is 5.91 Å². The Labute approximate surface area is 148 Å². The van der Waals surface area contributed by atoms with E-state index in [2.05, 4.69) is 16.4 Å². The van der Waals surface area contributed by atoms with Crippen molar-refractivity contribution in [1.29, 1.82) is 0 Å². The Hall–Kier alpha value is -2.56. The van der Waals surface area contributed by atoms with Gasteiger partial charge in [0.25, 0.3) is 0 Å². The van der Waals surface area contributed by atoms with Crippen molar-refractivity contribution in [1.82, 2.24) is 10.3 Å². The second kappa shape index (κ2) is 8.01. The Kier molecular flexibility index (Phi) is 5.53. The van der Waals surface area contributed by atoms with Crippen LogP contribution in [0.2, 0.25) is 0 Å². The van der Waals surface area contributed by atoms with Gasteiger partial charge in [0.1, 0.15) is 11.5 Å². The van der Waals surface area contributed by atoms with Crippen molar-refractivity contribution in [3.63, 3.8) is 0 Å². The second-order valence-electron chi connectivity index (χ2n) is 6.32. The van der Waals surface area contributed by atoms with E-state index in [9.17, 15) is 4.79 Å². The maximum absolute atomic E-state index is 12.1. The van der Waals surface area contributed by atoms with Gasteiger partial charge in [-0.25, -0.2) is 0 Å². The Morgan fingerprint density at radius 1 is 1.20 bits per heavy atom. The van der Waals surface area contributed by atoms with Gasteiger partial charge in [0.15, 0.2) is 0 Å².